The van der Waals surface area contributed by atoms with E-state index in [0.29, 0.717) is 11.1 Å². The monoisotopic (exact) mass is 432 g/mol. The lowest BCUT2D eigenvalue weighted by atomic mass is 10.1. The Morgan fingerprint density at radius 1 is 1.10 bits per heavy atom. The third kappa shape index (κ3) is 4.92. The van der Waals surface area contributed by atoms with Crippen molar-refractivity contribution in [2.24, 2.45) is 0 Å². The number of hydrogen-bond donors (Lipinski definition) is 3. The smallest absolute Gasteiger partial charge is 0.267 e. The van der Waals surface area contributed by atoms with Crippen LogP contribution in [0.25, 0.3) is 0 Å². The van der Waals surface area contributed by atoms with E-state index in [1.807, 2.05) is 6.07 Å². The van der Waals surface area contributed by atoms with Gasteiger partial charge in [0.05, 0.1) is 0 Å². The maximum Gasteiger partial charge on any atom is 0.267 e. The fourth-order valence-corrected chi connectivity index (χ4v) is 5.29. The molecule has 2 amide bonds. The molecule has 3 N–H and O–H groups in total. The number of nitrogens with zero attached hydrogens (tertiary/aromatic N) is 1. The Bertz CT molecular complexity index is 893. The molecule has 7 nitrogen and oxygen atoms in total. The normalized spacial score (nSPS) is 18.4. The van der Waals surface area contributed by atoms with Gasteiger partial charge in [-0.3, -0.25) is 19.6 Å². The molecule has 2 atom stereocenters. The average molecular weight is 433 g/mol. The van der Waals surface area contributed by atoms with Gasteiger partial charge in [-0.2, -0.15) is 0 Å². The molecule has 29 heavy (non-hydrogen) atoms. The van der Waals surface area contributed by atoms with E-state index in [1.54, 1.807) is 47.9 Å². The van der Waals surface area contributed by atoms with Crippen LogP contribution in [0.1, 0.15) is 27.7 Å². The molecule has 2 aromatic rings. The summed E-state index contributed by atoms with van der Waals surface area (Å²) >= 11 is 2.37. The molecule has 2 unspecified atom stereocenters. The van der Waals surface area contributed by atoms with Crippen molar-refractivity contribution in [2.45, 2.75) is 17.8 Å². The minimum atomic E-state index is -0.864. The van der Waals surface area contributed by atoms with Crippen molar-refractivity contribution in [3.8, 4) is 5.75 Å². The van der Waals surface area contributed by atoms with Gasteiger partial charge >= 0.3 is 0 Å². The van der Waals surface area contributed by atoms with E-state index in [0.717, 1.165) is 11.8 Å². The quantitative estimate of drug-likeness (QED) is 0.476. The molecule has 0 saturated carbocycles. The van der Waals surface area contributed by atoms with Gasteiger partial charge in [-0.05, 0) is 6.07 Å². The topological polar surface area (TPSA) is 107 Å². The summed E-state index contributed by atoms with van der Waals surface area (Å²) in [4.78, 5) is 38.6. The first-order valence-corrected chi connectivity index (χ1v) is 10.9. The van der Waals surface area contributed by atoms with Crippen LogP contribution >= 0.6 is 23.5 Å². The Hall–Kier alpha value is -2.49. The molecule has 0 spiro atoms. The van der Waals surface area contributed by atoms with Crippen LogP contribution in [0.2, 0.25) is 0 Å². The van der Waals surface area contributed by atoms with Crippen molar-refractivity contribution in [1.29, 1.82) is 0 Å². The number of nitrogens with one attached hydrogen (secondary N) is 1. The van der Waals surface area contributed by atoms with Gasteiger partial charge in [0, 0.05) is 29.1 Å². The molecule has 1 heterocycles. The molecule has 9 heteroatoms. The van der Waals surface area contributed by atoms with Crippen LogP contribution in [0.5, 0.6) is 5.75 Å². The highest BCUT2D eigenvalue weighted by Gasteiger charge is 2.42. The van der Waals surface area contributed by atoms with Gasteiger partial charge in [0.15, 0.2) is 0 Å². The number of carbonyl (C=O) groups excluding carboxylic acids is 3. The molecule has 1 aliphatic rings. The summed E-state index contributed by atoms with van der Waals surface area (Å²) in [6.45, 7) is 0. The maximum absolute atomic E-state index is 12.9. The summed E-state index contributed by atoms with van der Waals surface area (Å²) in [6.07, 6.45) is 0.0447. The number of rotatable bonds is 6. The highest BCUT2D eigenvalue weighted by Crippen LogP contribution is 2.44. The average Bonchev–Trinajstić information content (AvgIpc) is 3.19. The standard InChI is InChI=1S/C20H20N2O5S2/c23-16-9-5-4-8-14(16)19-22(15(12-29-19)18(25)21-27)17(24)10-11-28-20(26)13-6-2-1-3-7-13/h1-9,15,19,23,27H,10-12H2,(H,21,25). The molecule has 0 radical (unpaired) electrons. The summed E-state index contributed by atoms with van der Waals surface area (Å²) in [5.74, 6) is -0.439. The molecular formula is C20H20N2O5S2. The maximum atomic E-state index is 12.9. The lowest BCUT2D eigenvalue weighted by Gasteiger charge is -2.29. The molecule has 1 fully saturated rings. The van der Waals surface area contributed by atoms with Crippen LogP contribution in [0, 0.1) is 0 Å². The lowest BCUT2D eigenvalue weighted by molar-refractivity contribution is -0.143. The summed E-state index contributed by atoms with van der Waals surface area (Å²) < 4.78 is 0. The highest BCUT2D eigenvalue weighted by atomic mass is 32.2. The predicted octanol–water partition coefficient (Wildman–Crippen LogP) is 2.80. The molecule has 152 valence electrons. The Kier molecular flexibility index (Phi) is 7.18. The Labute approximate surface area is 176 Å². The Balaban J connectivity index is 1.70. The van der Waals surface area contributed by atoms with Crippen LogP contribution in [0.3, 0.4) is 0 Å². The third-order valence-corrected chi connectivity index (χ3v) is 6.67. The first kappa shape index (κ1) is 21.2. The predicted molar refractivity (Wildman–Crippen MR) is 112 cm³/mol. The Morgan fingerprint density at radius 3 is 2.48 bits per heavy atom. The fourth-order valence-electron chi connectivity index (χ4n) is 3.04. The van der Waals surface area contributed by atoms with E-state index in [4.69, 9.17) is 5.21 Å². The van der Waals surface area contributed by atoms with Crippen molar-refractivity contribution in [3.63, 3.8) is 0 Å². The van der Waals surface area contributed by atoms with Crippen molar-refractivity contribution >= 4 is 40.5 Å². The second kappa shape index (κ2) is 9.82. The zero-order chi connectivity index (χ0) is 20.8. The number of amides is 2. The number of thioether (sulfide) groups is 2. The van der Waals surface area contributed by atoms with Gasteiger partial charge < -0.3 is 10.0 Å². The molecule has 1 aliphatic heterocycles. The number of aromatic hydroxyl groups is 1. The number of hydrogen-bond acceptors (Lipinski definition) is 7. The van der Waals surface area contributed by atoms with Gasteiger partial charge in [0.25, 0.3) is 5.91 Å². The van der Waals surface area contributed by atoms with Gasteiger partial charge in [0.1, 0.15) is 17.2 Å². The molecule has 0 bridgehead atoms. The van der Waals surface area contributed by atoms with Gasteiger partial charge in [-0.15, -0.1) is 11.8 Å². The van der Waals surface area contributed by atoms with Crippen LogP contribution < -0.4 is 5.48 Å². The zero-order valence-corrected chi connectivity index (χ0v) is 17.0. The number of hydroxylamine groups is 1. The third-order valence-electron chi connectivity index (χ3n) is 4.46. The molecule has 1 saturated heterocycles. The number of phenolic OH excluding ortho intramolecular Hbond substituents is 1. The molecule has 0 aliphatic carbocycles. The van der Waals surface area contributed by atoms with Crippen LogP contribution in [-0.4, -0.2) is 49.7 Å². The van der Waals surface area contributed by atoms with Gasteiger partial charge in [0.2, 0.25) is 11.0 Å². The summed E-state index contributed by atoms with van der Waals surface area (Å²) in [5, 5.41) is 18.5. The number of benzene rings is 2. The zero-order valence-electron chi connectivity index (χ0n) is 15.4. The minimum absolute atomic E-state index is 0.0292. The van der Waals surface area contributed by atoms with Crippen molar-refractivity contribution < 1.29 is 24.7 Å². The number of phenols is 1. The van der Waals surface area contributed by atoms with Crippen LogP contribution in [0.15, 0.2) is 54.6 Å². The summed E-state index contributed by atoms with van der Waals surface area (Å²) in [7, 11) is 0. The van der Waals surface area contributed by atoms with Gasteiger partial charge in [-0.1, -0.05) is 60.3 Å². The molecule has 3 rings (SSSR count). The van der Waals surface area contributed by atoms with Crippen molar-refractivity contribution in [3.05, 3.63) is 65.7 Å². The molecular weight excluding hydrogens is 412 g/mol. The first-order valence-electron chi connectivity index (χ1n) is 8.89. The van der Waals surface area contributed by atoms with Crippen LogP contribution in [0.4, 0.5) is 0 Å². The number of carbonyl (C=O) groups is 3. The minimum Gasteiger partial charge on any atom is -0.508 e. The SMILES string of the molecule is O=C(SCCC(=O)N1C(C(=O)NO)CSC1c1ccccc1O)c1ccccc1. The van der Waals surface area contributed by atoms with E-state index in [9.17, 15) is 19.5 Å². The summed E-state index contributed by atoms with van der Waals surface area (Å²) in [6, 6.07) is 14.6. The first-order chi connectivity index (χ1) is 14.0. The Morgan fingerprint density at radius 2 is 1.79 bits per heavy atom. The van der Waals surface area contributed by atoms with Crippen LogP contribution in [-0.2, 0) is 9.59 Å². The largest absolute Gasteiger partial charge is 0.508 e. The molecule has 2 aromatic carbocycles. The van der Waals surface area contributed by atoms with Crippen molar-refractivity contribution in [2.75, 3.05) is 11.5 Å². The van der Waals surface area contributed by atoms with E-state index in [2.05, 4.69) is 0 Å². The van der Waals surface area contributed by atoms with E-state index < -0.39 is 17.3 Å². The van der Waals surface area contributed by atoms with E-state index >= 15 is 0 Å². The highest BCUT2D eigenvalue weighted by molar-refractivity contribution is 8.14. The lowest BCUT2D eigenvalue weighted by Crippen LogP contribution is -2.47. The van der Waals surface area contributed by atoms with Crippen molar-refractivity contribution in [1.82, 2.24) is 10.4 Å². The number of para-hydroxylation sites is 1. The summed E-state index contributed by atoms with van der Waals surface area (Å²) in [5.41, 5.74) is 2.69. The fraction of sp³-hybridized carbons (Fsp3) is 0.250. The molecule has 0 aromatic heterocycles. The van der Waals surface area contributed by atoms with Gasteiger partial charge in [-0.25, -0.2) is 5.48 Å². The van der Waals surface area contributed by atoms with E-state index in [1.165, 1.54) is 22.7 Å². The second-order valence-electron chi connectivity index (χ2n) is 6.29. The second-order valence-corrected chi connectivity index (χ2v) is 8.47. The van der Waals surface area contributed by atoms with E-state index in [-0.39, 0.29) is 34.7 Å².